The molecule has 2 bridgehead atoms. The second-order valence-electron chi connectivity index (χ2n) is 11.6. The molecular weight excluding hydrogens is 464 g/mol. The van der Waals surface area contributed by atoms with Crippen LogP contribution in [0.1, 0.15) is 59.0 Å². The fourth-order valence-electron chi connectivity index (χ4n) is 8.00. The van der Waals surface area contributed by atoms with E-state index in [2.05, 4.69) is 41.8 Å². The van der Waals surface area contributed by atoms with Crippen LogP contribution in [0.4, 0.5) is 0 Å². The van der Waals surface area contributed by atoms with Crippen LogP contribution in [0.2, 0.25) is 0 Å². The van der Waals surface area contributed by atoms with Gasteiger partial charge in [-0.25, -0.2) is 0 Å². The summed E-state index contributed by atoms with van der Waals surface area (Å²) < 4.78 is 8.83. The van der Waals surface area contributed by atoms with E-state index in [0.29, 0.717) is 31.4 Å². The summed E-state index contributed by atoms with van der Waals surface area (Å²) in [6, 6.07) is 16.1. The SMILES string of the molecule is CN1CC[C@]23c4c5ccc(O)c4O[C@H]2c2c(cc(CCC(=O)CCc4ccccc4)n2C)C[C@@]3(O)[C@H]1C5. The molecule has 0 radical (unpaired) electrons. The molecule has 3 aromatic rings. The van der Waals surface area contributed by atoms with Gasteiger partial charge in [-0.15, -0.1) is 0 Å². The number of phenolic OH excluding ortho intramolecular Hbond substituents is 1. The van der Waals surface area contributed by atoms with E-state index in [1.165, 1.54) is 11.1 Å². The number of hydrogen-bond acceptors (Lipinski definition) is 5. The van der Waals surface area contributed by atoms with Crippen LogP contribution < -0.4 is 4.74 Å². The molecule has 1 spiro atoms. The lowest BCUT2D eigenvalue weighted by Crippen LogP contribution is -2.73. The molecule has 0 saturated carbocycles. The number of nitrogens with zero attached hydrogens (tertiary/aromatic N) is 2. The summed E-state index contributed by atoms with van der Waals surface area (Å²) in [7, 11) is 4.17. The number of benzene rings is 2. The zero-order chi connectivity index (χ0) is 25.5. The van der Waals surface area contributed by atoms with Gasteiger partial charge in [0.25, 0.3) is 0 Å². The van der Waals surface area contributed by atoms with Gasteiger partial charge < -0.3 is 24.4 Å². The van der Waals surface area contributed by atoms with Gasteiger partial charge in [0.15, 0.2) is 17.6 Å². The van der Waals surface area contributed by atoms with Crippen LogP contribution in [0.25, 0.3) is 0 Å². The summed E-state index contributed by atoms with van der Waals surface area (Å²) in [4.78, 5) is 15.0. The summed E-state index contributed by atoms with van der Waals surface area (Å²) in [5.41, 5.74) is 5.13. The minimum absolute atomic E-state index is 0.00767. The highest BCUT2D eigenvalue weighted by atomic mass is 16.5. The Hall–Kier alpha value is -3.09. The number of piperidine rings is 1. The molecule has 7 rings (SSSR count). The Balaban J connectivity index is 1.22. The number of carbonyl (C=O) groups is 1. The van der Waals surface area contributed by atoms with Gasteiger partial charge in [0, 0.05) is 43.6 Å². The Bertz CT molecular complexity index is 1410. The normalized spacial score (nSPS) is 28.9. The number of hydrogen-bond donors (Lipinski definition) is 2. The highest BCUT2D eigenvalue weighted by Gasteiger charge is 2.72. The molecule has 37 heavy (non-hydrogen) atoms. The topological polar surface area (TPSA) is 74.9 Å². The average Bonchev–Trinajstić information content (AvgIpc) is 3.39. The standard InChI is InChI=1S/C31H34N2O4/c1-32-15-14-30-26-20-9-13-24(35)28(26)37-29(30)27-21(18-31(30,36)25(32)17-20)16-22(33(27)2)10-12-23(34)11-8-19-6-4-3-5-7-19/h3-7,9,13,16,25,29,35-36H,8,10-12,14-15,17-18H2,1-2H3/t25-,29+,30+,31-/m1/s1. The quantitative estimate of drug-likeness (QED) is 0.541. The van der Waals surface area contributed by atoms with E-state index in [0.717, 1.165) is 48.3 Å². The maximum Gasteiger partial charge on any atom is 0.166 e. The van der Waals surface area contributed by atoms with E-state index in [4.69, 9.17) is 4.74 Å². The zero-order valence-corrected chi connectivity index (χ0v) is 21.5. The monoisotopic (exact) mass is 498 g/mol. The average molecular weight is 499 g/mol. The lowest BCUT2D eigenvalue weighted by Gasteiger charge is -2.62. The first kappa shape index (κ1) is 23.1. The first-order valence-corrected chi connectivity index (χ1v) is 13.5. The van der Waals surface area contributed by atoms with Crippen LogP contribution in [0.5, 0.6) is 11.5 Å². The Labute approximate surface area is 217 Å². The number of Topliss-reactive ketones (excluding diaryl/α,β-unsaturated/α-hetero) is 1. The molecule has 2 aromatic carbocycles. The van der Waals surface area contributed by atoms with Crippen molar-refractivity contribution in [1.29, 1.82) is 0 Å². The summed E-state index contributed by atoms with van der Waals surface area (Å²) in [5, 5.41) is 23.3. The molecular formula is C31H34N2O4. The fraction of sp³-hybridized carbons (Fsp3) is 0.452. The van der Waals surface area contributed by atoms with Gasteiger partial charge in [0.2, 0.25) is 0 Å². The largest absolute Gasteiger partial charge is 0.504 e. The van der Waals surface area contributed by atoms with E-state index in [1.54, 1.807) is 6.07 Å². The van der Waals surface area contributed by atoms with Crippen molar-refractivity contribution in [2.24, 2.45) is 7.05 Å². The van der Waals surface area contributed by atoms with Crippen LogP contribution in [-0.4, -0.2) is 50.7 Å². The van der Waals surface area contributed by atoms with E-state index in [1.807, 2.05) is 24.3 Å². The van der Waals surface area contributed by atoms with Gasteiger partial charge in [-0.2, -0.15) is 0 Å². The van der Waals surface area contributed by atoms with E-state index >= 15 is 0 Å². The molecule has 6 nitrogen and oxygen atoms in total. The Morgan fingerprint density at radius 1 is 1.08 bits per heavy atom. The number of ketones is 1. The van der Waals surface area contributed by atoms with Crippen LogP contribution in [-0.2, 0) is 42.9 Å². The minimum atomic E-state index is -0.978. The molecule has 1 aromatic heterocycles. The minimum Gasteiger partial charge on any atom is -0.504 e. The molecule has 3 heterocycles. The Morgan fingerprint density at radius 3 is 2.68 bits per heavy atom. The van der Waals surface area contributed by atoms with Crippen molar-refractivity contribution in [2.75, 3.05) is 13.6 Å². The van der Waals surface area contributed by atoms with Gasteiger partial charge in [-0.05, 0) is 68.1 Å². The van der Waals surface area contributed by atoms with Crippen molar-refractivity contribution in [3.63, 3.8) is 0 Å². The highest BCUT2D eigenvalue weighted by Crippen LogP contribution is 2.68. The predicted octanol–water partition coefficient (Wildman–Crippen LogP) is 3.78. The highest BCUT2D eigenvalue weighted by molar-refractivity contribution is 5.78. The smallest absolute Gasteiger partial charge is 0.166 e. The maximum absolute atomic E-state index is 12.7. The molecule has 4 atom stereocenters. The van der Waals surface area contributed by atoms with Gasteiger partial charge >= 0.3 is 0 Å². The Kier molecular flexibility index (Phi) is 4.96. The van der Waals surface area contributed by atoms with E-state index < -0.39 is 11.0 Å². The second kappa shape index (κ2) is 7.95. The third-order valence-corrected chi connectivity index (χ3v) is 9.85. The third-order valence-electron chi connectivity index (χ3n) is 9.85. The number of rotatable bonds is 6. The molecule has 2 aliphatic heterocycles. The maximum atomic E-state index is 12.7. The van der Waals surface area contributed by atoms with Crippen LogP contribution in [0, 0.1) is 0 Å². The molecule has 6 heteroatoms. The molecule has 1 fully saturated rings. The van der Waals surface area contributed by atoms with E-state index in [-0.39, 0.29) is 23.7 Å². The number of phenols is 1. The van der Waals surface area contributed by atoms with Gasteiger partial charge in [0.05, 0.1) is 16.7 Å². The molecule has 0 amide bonds. The predicted molar refractivity (Wildman–Crippen MR) is 140 cm³/mol. The lowest BCUT2D eigenvalue weighted by molar-refractivity contribution is -0.168. The molecule has 192 valence electrons. The number of likely N-dealkylation sites (N-methyl/N-ethyl adjacent to an activating group) is 1. The van der Waals surface area contributed by atoms with Crippen molar-refractivity contribution in [3.05, 3.63) is 82.2 Å². The van der Waals surface area contributed by atoms with Crippen molar-refractivity contribution in [3.8, 4) is 11.5 Å². The van der Waals surface area contributed by atoms with Crippen LogP contribution in [0.3, 0.4) is 0 Å². The number of fused-ring (bicyclic) bond motifs is 2. The molecule has 2 N–H and O–H groups in total. The number of aromatic nitrogens is 1. The second-order valence-corrected chi connectivity index (χ2v) is 11.6. The van der Waals surface area contributed by atoms with Crippen molar-refractivity contribution in [2.45, 2.75) is 68.1 Å². The number of carbonyl (C=O) groups excluding carboxylic acids is 1. The van der Waals surface area contributed by atoms with Gasteiger partial charge in [0.1, 0.15) is 5.78 Å². The molecule has 0 unspecified atom stereocenters. The first-order valence-electron chi connectivity index (χ1n) is 13.5. The lowest BCUT2D eigenvalue weighted by atomic mass is 9.49. The van der Waals surface area contributed by atoms with Crippen LogP contribution in [0.15, 0.2) is 48.5 Å². The molecule has 4 aliphatic rings. The summed E-state index contributed by atoms with van der Waals surface area (Å²) in [5.74, 6) is 0.975. The number of aliphatic hydroxyl groups is 1. The fourth-order valence-corrected chi connectivity index (χ4v) is 8.00. The number of ether oxygens (including phenoxy) is 1. The van der Waals surface area contributed by atoms with Crippen LogP contribution >= 0.6 is 0 Å². The van der Waals surface area contributed by atoms with E-state index in [9.17, 15) is 15.0 Å². The number of aryl methyl sites for hydroxylation is 2. The Morgan fingerprint density at radius 2 is 1.86 bits per heavy atom. The van der Waals surface area contributed by atoms with Gasteiger partial charge in [-0.3, -0.25) is 4.79 Å². The zero-order valence-electron chi connectivity index (χ0n) is 21.5. The molecule has 2 aliphatic carbocycles. The van der Waals surface area contributed by atoms with Crippen molar-refractivity contribution < 1.29 is 19.7 Å². The number of likely N-dealkylation sites (tertiary alicyclic amines) is 1. The third kappa shape index (κ3) is 3.03. The van der Waals surface area contributed by atoms with Gasteiger partial charge in [-0.1, -0.05) is 36.4 Å². The summed E-state index contributed by atoms with van der Waals surface area (Å²) >= 11 is 0. The number of aromatic hydroxyl groups is 1. The first-order chi connectivity index (χ1) is 17.8. The molecule has 1 saturated heterocycles. The van der Waals surface area contributed by atoms with Crippen molar-refractivity contribution in [1.82, 2.24) is 9.47 Å². The van der Waals surface area contributed by atoms with Crippen molar-refractivity contribution >= 4 is 5.78 Å². The summed E-state index contributed by atoms with van der Waals surface area (Å²) in [6.07, 6.45) is 4.22. The summed E-state index contributed by atoms with van der Waals surface area (Å²) in [6.45, 7) is 0.879.